The van der Waals surface area contributed by atoms with Crippen LogP contribution in [0.5, 0.6) is 23.0 Å². The Balaban J connectivity index is 2.10. The zero-order valence-electron chi connectivity index (χ0n) is 16.0. The van der Waals surface area contributed by atoms with Crippen molar-refractivity contribution in [3.63, 3.8) is 0 Å². The van der Waals surface area contributed by atoms with Crippen LogP contribution in [0.25, 0.3) is 0 Å². The van der Waals surface area contributed by atoms with Crippen molar-refractivity contribution in [3.05, 3.63) is 47.0 Å². The number of methoxy groups -OCH3 is 2. The molecule has 5 nitrogen and oxygen atoms in total. The predicted molar refractivity (Wildman–Crippen MR) is 101 cm³/mol. The molecular formula is C21H28NO4+. The molecule has 0 spiro atoms. The number of rotatable bonds is 7. The van der Waals surface area contributed by atoms with E-state index in [9.17, 15) is 0 Å². The smallest absolute Gasteiger partial charge is 0.170 e. The Morgan fingerprint density at radius 3 is 2.31 bits per heavy atom. The summed E-state index contributed by atoms with van der Waals surface area (Å²) in [7, 11) is 3.36. The standard InChI is InChI=1S/C21H27NO4/c1-5-25-18-12-14-10-11-22-20(16(14)13-19(18)26-6-2)15-8-7-9-17(23-3)21(15)24-4/h7-9,12-13,20,22H,5-6,10-11H2,1-4H3/p+1/t20-/m1/s1. The molecule has 2 aromatic rings. The fraction of sp³-hybridized carbons (Fsp3) is 0.429. The molecule has 3 rings (SSSR count). The molecule has 0 amide bonds. The highest BCUT2D eigenvalue weighted by Gasteiger charge is 2.30. The van der Waals surface area contributed by atoms with Gasteiger partial charge in [-0.2, -0.15) is 0 Å². The molecule has 140 valence electrons. The Morgan fingerprint density at radius 1 is 0.923 bits per heavy atom. The second-order valence-corrected chi connectivity index (χ2v) is 6.20. The van der Waals surface area contributed by atoms with Crippen LogP contribution in [-0.2, 0) is 6.42 Å². The highest BCUT2D eigenvalue weighted by atomic mass is 16.5. The average Bonchev–Trinajstić information content (AvgIpc) is 2.67. The van der Waals surface area contributed by atoms with Gasteiger partial charge in [0.1, 0.15) is 6.04 Å². The van der Waals surface area contributed by atoms with Crippen LogP contribution in [0.4, 0.5) is 0 Å². The van der Waals surface area contributed by atoms with Crippen LogP contribution in [0.3, 0.4) is 0 Å². The van der Waals surface area contributed by atoms with Crippen LogP contribution in [-0.4, -0.2) is 34.0 Å². The van der Waals surface area contributed by atoms with Gasteiger partial charge in [-0.15, -0.1) is 0 Å². The Kier molecular flexibility index (Phi) is 5.89. The van der Waals surface area contributed by atoms with Crippen molar-refractivity contribution < 1.29 is 24.3 Å². The number of para-hydroxylation sites is 1. The van der Waals surface area contributed by atoms with E-state index in [2.05, 4.69) is 23.5 Å². The minimum Gasteiger partial charge on any atom is -0.493 e. The summed E-state index contributed by atoms with van der Waals surface area (Å²) in [5.74, 6) is 3.17. The largest absolute Gasteiger partial charge is 0.493 e. The van der Waals surface area contributed by atoms with Crippen LogP contribution in [0.1, 0.15) is 36.6 Å². The molecule has 0 bridgehead atoms. The van der Waals surface area contributed by atoms with E-state index in [0.717, 1.165) is 41.5 Å². The van der Waals surface area contributed by atoms with E-state index < -0.39 is 0 Å². The normalized spacial score (nSPS) is 15.9. The summed E-state index contributed by atoms with van der Waals surface area (Å²) >= 11 is 0. The molecule has 1 heterocycles. The van der Waals surface area contributed by atoms with Crippen molar-refractivity contribution in [2.45, 2.75) is 26.3 Å². The van der Waals surface area contributed by atoms with Crippen molar-refractivity contribution >= 4 is 0 Å². The van der Waals surface area contributed by atoms with Crippen molar-refractivity contribution in [2.75, 3.05) is 34.0 Å². The van der Waals surface area contributed by atoms with Gasteiger partial charge in [0.2, 0.25) is 0 Å². The molecule has 5 heteroatoms. The number of hydrogen-bond donors (Lipinski definition) is 1. The first-order valence-electron chi connectivity index (χ1n) is 9.20. The number of nitrogens with two attached hydrogens (primary N) is 1. The highest BCUT2D eigenvalue weighted by Crippen LogP contribution is 2.40. The van der Waals surface area contributed by atoms with Gasteiger partial charge in [0.25, 0.3) is 0 Å². The zero-order valence-corrected chi connectivity index (χ0v) is 16.0. The first-order chi connectivity index (χ1) is 12.7. The van der Waals surface area contributed by atoms with Crippen LogP contribution >= 0.6 is 0 Å². The summed E-state index contributed by atoms with van der Waals surface area (Å²) in [6.07, 6.45) is 1.00. The van der Waals surface area contributed by atoms with Gasteiger partial charge in [0.15, 0.2) is 23.0 Å². The number of benzene rings is 2. The molecule has 0 aromatic heterocycles. The van der Waals surface area contributed by atoms with E-state index >= 15 is 0 Å². The molecule has 0 fully saturated rings. The van der Waals surface area contributed by atoms with Crippen LogP contribution in [0.15, 0.2) is 30.3 Å². The van der Waals surface area contributed by atoms with Gasteiger partial charge in [0.05, 0.1) is 39.5 Å². The minimum absolute atomic E-state index is 0.138. The molecule has 1 atom stereocenters. The lowest BCUT2D eigenvalue weighted by molar-refractivity contribution is -0.690. The van der Waals surface area contributed by atoms with Gasteiger partial charge in [-0.3, -0.25) is 0 Å². The second kappa shape index (κ2) is 8.32. The highest BCUT2D eigenvalue weighted by molar-refractivity contribution is 5.54. The third-order valence-electron chi connectivity index (χ3n) is 4.72. The molecule has 0 saturated carbocycles. The first-order valence-corrected chi connectivity index (χ1v) is 9.20. The third kappa shape index (κ3) is 3.44. The molecular weight excluding hydrogens is 330 g/mol. The summed E-state index contributed by atoms with van der Waals surface area (Å²) in [6, 6.07) is 10.4. The van der Waals surface area contributed by atoms with Crippen molar-refractivity contribution in [3.8, 4) is 23.0 Å². The Hall–Kier alpha value is -2.40. The molecule has 26 heavy (non-hydrogen) atoms. The number of quaternary nitrogens is 1. The lowest BCUT2D eigenvalue weighted by Crippen LogP contribution is -2.87. The molecule has 1 aliphatic rings. The monoisotopic (exact) mass is 358 g/mol. The Morgan fingerprint density at radius 2 is 1.65 bits per heavy atom. The maximum Gasteiger partial charge on any atom is 0.170 e. The lowest BCUT2D eigenvalue weighted by Gasteiger charge is -2.27. The third-order valence-corrected chi connectivity index (χ3v) is 4.72. The van der Waals surface area contributed by atoms with Crippen LogP contribution < -0.4 is 24.3 Å². The van der Waals surface area contributed by atoms with Gasteiger partial charge >= 0.3 is 0 Å². The van der Waals surface area contributed by atoms with E-state index in [1.807, 2.05) is 26.0 Å². The van der Waals surface area contributed by atoms with E-state index in [1.165, 1.54) is 11.1 Å². The van der Waals surface area contributed by atoms with Gasteiger partial charge in [0, 0.05) is 12.0 Å². The molecule has 0 saturated heterocycles. The summed E-state index contributed by atoms with van der Waals surface area (Å²) in [5.41, 5.74) is 3.66. The van der Waals surface area contributed by atoms with Gasteiger partial charge in [-0.1, -0.05) is 6.07 Å². The topological polar surface area (TPSA) is 53.5 Å². The molecule has 2 N–H and O–H groups in total. The Bertz CT molecular complexity index is 760. The molecule has 0 unspecified atom stereocenters. The maximum absolute atomic E-state index is 5.85. The SMILES string of the molecule is CCOc1cc2c(cc1OCC)[C@@H](c1cccc(OC)c1OC)[NH2+]CC2. The summed E-state index contributed by atoms with van der Waals surface area (Å²) in [5, 5.41) is 2.34. The molecule has 0 radical (unpaired) electrons. The molecule has 2 aromatic carbocycles. The molecule has 1 aliphatic heterocycles. The first kappa shape index (κ1) is 18.4. The Labute approximate surface area is 155 Å². The number of fused-ring (bicyclic) bond motifs is 1. The summed E-state index contributed by atoms with van der Waals surface area (Å²) in [6.45, 7) is 6.22. The fourth-order valence-electron chi connectivity index (χ4n) is 3.64. The second-order valence-electron chi connectivity index (χ2n) is 6.20. The number of hydrogen-bond acceptors (Lipinski definition) is 4. The number of ether oxygens (including phenoxy) is 4. The van der Waals surface area contributed by atoms with Gasteiger partial charge in [-0.05, 0) is 43.7 Å². The quantitative estimate of drug-likeness (QED) is 0.827. The van der Waals surface area contributed by atoms with Gasteiger partial charge < -0.3 is 24.3 Å². The molecule has 0 aliphatic carbocycles. The van der Waals surface area contributed by atoms with E-state index in [0.29, 0.717) is 13.2 Å². The minimum atomic E-state index is 0.138. The van der Waals surface area contributed by atoms with Crippen molar-refractivity contribution in [1.82, 2.24) is 0 Å². The zero-order chi connectivity index (χ0) is 18.5. The maximum atomic E-state index is 5.85. The van der Waals surface area contributed by atoms with Crippen molar-refractivity contribution in [2.24, 2.45) is 0 Å². The summed E-state index contributed by atoms with van der Waals surface area (Å²) in [4.78, 5) is 0. The van der Waals surface area contributed by atoms with Crippen LogP contribution in [0, 0.1) is 0 Å². The predicted octanol–water partition coefficient (Wildman–Crippen LogP) is 2.71. The lowest BCUT2D eigenvalue weighted by atomic mass is 9.88. The van der Waals surface area contributed by atoms with Gasteiger partial charge in [-0.25, -0.2) is 0 Å². The average molecular weight is 358 g/mol. The van der Waals surface area contributed by atoms with E-state index in [4.69, 9.17) is 18.9 Å². The van der Waals surface area contributed by atoms with E-state index in [-0.39, 0.29) is 6.04 Å². The van der Waals surface area contributed by atoms with E-state index in [1.54, 1.807) is 14.2 Å². The van der Waals surface area contributed by atoms with Crippen molar-refractivity contribution in [1.29, 1.82) is 0 Å². The van der Waals surface area contributed by atoms with Crippen LogP contribution in [0.2, 0.25) is 0 Å². The fourth-order valence-corrected chi connectivity index (χ4v) is 3.64. The summed E-state index contributed by atoms with van der Waals surface area (Å²) < 4.78 is 22.8.